The van der Waals surface area contributed by atoms with Gasteiger partial charge in [0.05, 0.1) is 22.7 Å². The summed E-state index contributed by atoms with van der Waals surface area (Å²) in [7, 11) is 0. The van der Waals surface area contributed by atoms with Gasteiger partial charge in [-0.25, -0.2) is 0 Å². The summed E-state index contributed by atoms with van der Waals surface area (Å²) in [6.07, 6.45) is 10.7. The number of aliphatic carboxylic acids is 2. The van der Waals surface area contributed by atoms with Crippen LogP contribution < -0.4 is 10.2 Å². The van der Waals surface area contributed by atoms with E-state index >= 15 is 0 Å². The molecule has 0 aliphatic rings. The van der Waals surface area contributed by atoms with Crippen molar-refractivity contribution in [1.29, 1.82) is 0 Å². The summed E-state index contributed by atoms with van der Waals surface area (Å²) in [6.45, 7) is 4.12. The molecule has 2 atom stereocenters. The Bertz CT molecular complexity index is 326. The third-order valence-electron chi connectivity index (χ3n) is 2.55. The smallest absolute Gasteiger partial charge is 0.545 e. The van der Waals surface area contributed by atoms with Crippen molar-refractivity contribution < 1.29 is 19.8 Å². The summed E-state index contributed by atoms with van der Waals surface area (Å²) < 4.78 is 0. The molecule has 0 radical (unpaired) electrons. The summed E-state index contributed by atoms with van der Waals surface area (Å²) in [4.78, 5) is 19.8. The predicted octanol–water partition coefficient (Wildman–Crippen LogP) is 1.80. The van der Waals surface area contributed by atoms with Gasteiger partial charge in [-0.2, -0.15) is 0 Å². The second kappa shape index (κ2) is 20.3. The second-order valence-corrected chi connectivity index (χ2v) is 5.79. The van der Waals surface area contributed by atoms with E-state index in [4.69, 9.17) is 23.2 Å². The molecule has 0 saturated carbocycles. The number of carboxylic acids is 2. The summed E-state index contributed by atoms with van der Waals surface area (Å²) in [5, 5.41) is 19.5. The summed E-state index contributed by atoms with van der Waals surface area (Å²) in [5.41, 5.74) is 0. The maximum absolute atomic E-state index is 9.92. The first-order valence-corrected chi connectivity index (χ1v) is 8.27. The van der Waals surface area contributed by atoms with Gasteiger partial charge in [-0.3, -0.25) is 0 Å². The third-order valence-corrected chi connectivity index (χ3v) is 3.28. The Hall–Kier alpha value is 0.260. The minimum Gasteiger partial charge on any atom is -0.545 e. The molecule has 0 aliphatic heterocycles. The SMILES string of the molecule is CCCCC(Cl)/C=C/C(=O)[O-].CCCCC(Cl)/C=C/C(=O)[O-].[Ca+2]. The standard InChI is InChI=1S/2C8H13ClO2.Ca/c2*1-2-3-4-7(9)5-6-8(10)11;/h2*5-7H,2-4H2,1H3,(H,10,11);/q;;+2/p-2/b2*6-5+;. The van der Waals surface area contributed by atoms with Crippen molar-refractivity contribution in [2.24, 2.45) is 0 Å². The Morgan fingerprint density at radius 1 is 0.870 bits per heavy atom. The van der Waals surface area contributed by atoms with Crippen LogP contribution in [0.15, 0.2) is 24.3 Å². The van der Waals surface area contributed by atoms with Crippen LogP contribution in [0.5, 0.6) is 0 Å². The Morgan fingerprint density at radius 2 is 1.17 bits per heavy atom. The number of halogens is 2. The molecule has 4 nitrogen and oxygen atoms in total. The molecule has 0 spiro atoms. The van der Waals surface area contributed by atoms with Crippen LogP contribution >= 0.6 is 23.2 Å². The summed E-state index contributed by atoms with van der Waals surface area (Å²) in [6, 6.07) is 0. The van der Waals surface area contributed by atoms with E-state index in [1.54, 1.807) is 0 Å². The van der Waals surface area contributed by atoms with Crippen molar-refractivity contribution in [3.05, 3.63) is 24.3 Å². The molecule has 0 N–H and O–H groups in total. The van der Waals surface area contributed by atoms with Crippen LogP contribution in [-0.4, -0.2) is 60.4 Å². The number of rotatable bonds is 10. The quantitative estimate of drug-likeness (QED) is 0.323. The number of carbonyl (C=O) groups is 2. The second-order valence-electron chi connectivity index (χ2n) is 4.67. The topological polar surface area (TPSA) is 80.3 Å². The van der Waals surface area contributed by atoms with Gasteiger partial charge in [0.25, 0.3) is 0 Å². The molecule has 2 unspecified atom stereocenters. The molecule has 0 aromatic rings. The summed E-state index contributed by atoms with van der Waals surface area (Å²) in [5.74, 6) is -2.38. The van der Waals surface area contributed by atoms with Crippen LogP contribution in [0.3, 0.4) is 0 Å². The number of hydrogen-bond acceptors (Lipinski definition) is 4. The molecule has 0 fully saturated rings. The number of unbranched alkanes of at least 4 members (excludes halogenated alkanes) is 2. The van der Waals surface area contributed by atoms with Gasteiger partial charge in [-0.05, 0) is 25.0 Å². The van der Waals surface area contributed by atoms with Crippen LogP contribution in [0.1, 0.15) is 52.4 Å². The molecule has 0 bridgehead atoms. The van der Waals surface area contributed by atoms with Crippen LogP contribution in [0.25, 0.3) is 0 Å². The Kier molecular flexibility index (Phi) is 24.8. The van der Waals surface area contributed by atoms with Gasteiger partial charge in [0.1, 0.15) is 0 Å². The monoisotopic (exact) mass is 390 g/mol. The first-order chi connectivity index (χ1) is 10.3. The molecule has 0 amide bonds. The van der Waals surface area contributed by atoms with Crippen LogP contribution in [0, 0.1) is 0 Å². The zero-order chi connectivity index (χ0) is 17.4. The first kappa shape index (κ1) is 28.1. The molecule has 0 saturated heterocycles. The van der Waals surface area contributed by atoms with Crippen molar-refractivity contribution in [1.82, 2.24) is 0 Å². The van der Waals surface area contributed by atoms with Gasteiger partial charge >= 0.3 is 37.7 Å². The zero-order valence-electron chi connectivity index (χ0n) is 13.8. The van der Waals surface area contributed by atoms with Gasteiger partial charge < -0.3 is 19.8 Å². The molecular formula is C16H24CaCl2O4. The predicted molar refractivity (Wildman–Crippen MR) is 92.4 cm³/mol. The first-order valence-electron chi connectivity index (χ1n) is 7.39. The molecule has 7 heteroatoms. The van der Waals surface area contributed by atoms with E-state index in [0.717, 1.165) is 50.7 Å². The van der Waals surface area contributed by atoms with E-state index in [1.165, 1.54) is 12.2 Å². The van der Waals surface area contributed by atoms with E-state index in [1.807, 2.05) is 0 Å². The number of hydrogen-bond donors (Lipinski definition) is 0. The fraction of sp³-hybridized carbons (Fsp3) is 0.625. The number of carboxylic acid groups (broad SMARTS) is 2. The van der Waals surface area contributed by atoms with Crippen molar-refractivity contribution in [2.75, 3.05) is 0 Å². The Labute approximate surface area is 178 Å². The number of carbonyl (C=O) groups excluding carboxylic acids is 2. The van der Waals surface area contributed by atoms with Gasteiger partial charge in [0.15, 0.2) is 0 Å². The van der Waals surface area contributed by atoms with Crippen LogP contribution in [-0.2, 0) is 9.59 Å². The summed E-state index contributed by atoms with van der Waals surface area (Å²) >= 11 is 11.5. The van der Waals surface area contributed by atoms with Gasteiger partial charge in [0.2, 0.25) is 0 Å². The Balaban J connectivity index is -0.000000333. The van der Waals surface area contributed by atoms with E-state index in [2.05, 4.69) is 13.8 Å². The van der Waals surface area contributed by atoms with E-state index < -0.39 is 11.9 Å². The molecule has 0 aromatic heterocycles. The Morgan fingerprint density at radius 3 is 1.39 bits per heavy atom. The molecule has 0 aromatic carbocycles. The fourth-order valence-electron chi connectivity index (χ4n) is 1.36. The molecule has 0 aliphatic carbocycles. The fourth-order valence-corrected chi connectivity index (χ4v) is 1.81. The van der Waals surface area contributed by atoms with Crippen molar-refractivity contribution in [3.8, 4) is 0 Å². The van der Waals surface area contributed by atoms with E-state index in [0.29, 0.717) is 0 Å². The zero-order valence-corrected chi connectivity index (χ0v) is 17.5. The van der Waals surface area contributed by atoms with E-state index in [-0.39, 0.29) is 48.5 Å². The van der Waals surface area contributed by atoms with Gasteiger partial charge in [-0.1, -0.05) is 51.7 Å². The van der Waals surface area contributed by atoms with Gasteiger partial charge in [-0.15, -0.1) is 23.2 Å². The normalized spacial score (nSPS) is 13.0. The van der Waals surface area contributed by atoms with Crippen molar-refractivity contribution >= 4 is 72.9 Å². The largest absolute Gasteiger partial charge is 2.00 e. The van der Waals surface area contributed by atoms with Crippen LogP contribution in [0.2, 0.25) is 0 Å². The van der Waals surface area contributed by atoms with Crippen molar-refractivity contribution in [2.45, 2.75) is 63.1 Å². The average Bonchev–Trinajstić information content (AvgIpc) is 2.47. The molecule has 0 heterocycles. The molecule has 23 heavy (non-hydrogen) atoms. The third kappa shape index (κ3) is 27.4. The minimum absolute atomic E-state index is 0. The van der Waals surface area contributed by atoms with Gasteiger partial charge in [0, 0.05) is 0 Å². The maximum Gasteiger partial charge on any atom is 2.00 e. The average molecular weight is 391 g/mol. The van der Waals surface area contributed by atoms with Crippen molar-refractivity contribution in [3.63, 3.8) is 0 Å². The maximum atomic E-state index is 9.92. The number of alkyl halides is 2. The molecule has 128 valence electrons. The minimum atomic E-state index is -1.19. The molecule has 0 rings (SSSR count). The van der Waals surface area contributed by atoms with E-state index in [9.17, 15) is 19.8 Å². The van der Waals surface area contributed by atoms with Crippen LogP contribution in [0.4, 0.5) is 0 Å². The number of allylic oxidation sites excluding steroid dienone is 2. The molecular weight excluding hydrogens is 367 g/mol.